The molecule has 0 bridgehead atoms. The summed E-state index contributed by atoms with van der Waals surface area (Å²) in [5.74, 6) is 0. The number of thiazole rings is 1. The molecule has 0 saturated carbocycles. The molecule has 1 aliphatic heterocycles. The molecule has 4 nitrogen and oxygen atoms in total. The van der Waals surface area contributed by atoms with Crippen LogP contribution in [0.15, 0.2) is 30.6 Å². The second-order valence-electron chi connectivity index (χ2n) is 4.58. The zero-order valence-electron chi connectivity index (χ0n) is 10.3. The van der Waals surface area contributed by atoms with E-state index in [0.717, 1.165) is 41.1 Å². The van der Waals surface area contributed by atoms with E-state index in [0.29, 0.717) is 0 Å². The summed E-state index contributed by atoms with van der Waals surface area (Å²) < 4.78 is 0. The van der Waals surface area contributed by atoms with E-state index in [4.69, 9.17) is 4.98 Å². The topological polar surface area (TPSA) is 50.7 Å². The molecule has 1 aromatic carbocycles. The Kier molecular flexibility index (Phi) is 2.53. The summed E-state index contributed by atoms with van der Waals surface area (Å²) in [6.07, 6.45) is 4.47. The first-order valence-corrected chi connectivity index (χ1v) is 7.12. The first-order chi connectivity index (χ1) is 9.40. The number of nitrogens with one attached hydrogen (secondary N) is 1. The molecule has 5 heteroatoms. The van der Waals surface area contributed by atoms with Gasteiger partial charge in [-0.15, -0.1) is 11.3 Å². The van der Waals surface area contributed by atoms with Crippen molar-refractivity contribution in [3.63, 3.8) is 0 Å². The zero-order chi connectivity index (χ0) is 12.7. The molecule has 0 fully saturated rings. The summed E-state index contributed by atoms with van der Waals surface area (Å²) in [6, 6.07) is 6.16. The number of hydrogen-bond acceptors (Lipinski definition) is 5. The molecule has 0 unspecified atom stereocenters. The van der Waals surface area contributed by atoms with Gasteiger partial charge in [0.1, 0.15) is 5.01 Å². The van der Waals surface area contributed by atoms with E-state index in [1.165, 1.54) is 10.6 Å². The van der Waals surface area contributed by atoms with Crippen molar-refractivity contribution in [3.8, 4) is 10.6 Å². The Morgan fingerprint density at radius 1 is 1.11 bits per heavy atom. The van der Waals surface area contributed by atoms with Crippen LogP contribution in [0.2, 0.25) is 0 Å². The summed E-state index contributed by atoms with van der Waals surface area (Å²) in [4.78, 5) is 14.8. The predicted molar refractivity (Wildman–Crippen MR) is 76.1 cm³/mol. The Balaban J connectivity index is 1.83. The monoisotopic (exact) mass is 268 g/mol. The van der Waals surface area contributed by atoms with Gasteiger partial charge in [-0.2, -0.15) is 0 Å². The molecule has 0 saturated heterocycles. The van der Waals surface area contributed by atoms with Gasteiger partial charge in [-0.1, -0.05) is 0 Å². The first kappa shape index (κ1) is 11.0. The van der Waals surface area contributed by atoms with Gasteiger partial charge >= 0.3 is 0 Å². The quantitative estimate of drug-likeness (QED) is 0.736. The Morgan fingerprint density at radius 3 is 2.89 bits per heavy atom. The zero-order valence-corrected chi connectivity index (χ0v) is 11.1. The molecule has 1 aliphatic rings. The van der Waals surface area contributed by atoms with E-state index >= 15 is 0 Å². The summed E-state index contributed by atoms with van der Waals surface area (Å²) in [5, 5.41) is 4.47. The standard InChI is InChI=1S/C14H12N4S/c1-2-10-12(17-6-5-16-10)7-9(1)14-18-11-3-4-15-8-13(11)19-14/h1-2,5-7,15H,3-4,8H2. The van der Waals surface area contributed by atoms with Crippen LogP contribution in [0.1, 0.15) is 10.6 Å². The van der Waals surface area contributed by atoms with E-state index < -0.39 is 0 Å². The number of benzene rings is 1. The van der Waals surface area contributed by atoms with Crippen molar-refractivity contribution >= 4 is 22.4 Å². The fraction of sp³-hybridized carbons (Fsp3) is 0.214. The van der Waals surface area contributed by atoms with Gasteiger partial charge in [0.05, 0.1) is 16.7 Å². The minimum absolute atomic E-state index is 0.922. The van der Waals surface area contributed by atoms with E-state index in [2.05, 4.69) is 27.4 Å². The van der Waals surface area contributed by atoms with Gasteiger partial charge in [-0.25, -0.2) is 4.98 Å². The SMILES string of the molecule is c1cnc2cc(-c3nc4c(s3)CNCC4)ccc2n1. The van der Waals surface area contributed by atoms with Crippen LogP contribution < -0.4 is 5.32 Å². The van der Waals surface area contributed by atoms with E-state index in [1.54, 1.807) is 23.7 Å². The largest absolute Gasteiger partial charge is 0.311 e. The number of aromatic nitrogens is 3. The van der Waals surface area contributed by atoms with Crippen LogP contribution >= 0.6 is 11.3 Å². The van der Waals surface area contributed by atoms with Crippen LogP contribution in [-0.4, -0.2) is 21.5 Å². The normalized spacial score (nSPS) is 14.5. The number of hydrogen-bond donors (Lipinski definition) is 1. The van der Waals surface area contributed by atoms with Crippen LogP contribution in [0.4, 0.5) is 0 Å². The molecule has 4 rings (SSSR count). The molecule has 0 aliphatic carbocycles. The Labute approximate surface area is 114 Å². The highest BCUT2D eigenvalue weighted by molar-refractivity contribution is 7.15. The van der Waals surface area contributed by atoms with Crippen molar-refractivity contribution in [3.05, 3.63) is 41.2 Å². The summed E-state index contributed by atoms with van der Waals surface area (Å²) >= 11 is 1.78. The Hall–Kier alpha value is -1.85. The third-order valence-electron chi connectivity index (χ3n) is 3.32. The fourth-order valence-electron chi connectivity index (χ4n) is 2.35. The maximum Gasteiger partial charge on any atom is 0.124 e. The molecular weight excluding hydrogens is 256 g/mol. The second kappa shape index (κ2) is 4.36. The summed E-state index contributed by atoms with van der Waals surface area (Å²) in [6.45, 7) is 1.97. The highest BCUT2D eigenvalue weighted by Gasteiger charge is 2.15. The van der Waals surface area contributed by atoms with E-state index in [9.17, 15) is 0 Å². The maximum absolute atomic E-state index is 4.76. The van der Waals surface area contributed by atoms with Gasteiger partial charge in [-0.05, 0) is 18.2 Å². The third kappa shape index (κ3) is 1.91. The highest BCUT2D eigenvalue weighted by Crippen LogP contribution is 2.30. The molecule has 0 atom stereocenters. The fourth-order valence-corrected chi connectivity index (χ4v) is 3.42. The van der Waals surface area contributed by atoms with Crippen molar-refractivity contribution in [1.82, 2.24) is 20.3 Å². The molecule has 94 valence electrons. The Bertz CT molecular complexity index is 727. The Morgan fingerprint density at radius 2 is 2.00 bits per heavy atom. The molecule has 3 heterocycles. The average molecular weight is 268 g/mol. The van der Waals surface area contributed by atoms with Crippen LogP contribution in [0.25, 0.3) is 21.6 Å². The first-order valence-electron chi connectivity index (χ1n) is 6.30. The molecule has 0 radical (unpaired) electrons. The molecular formula is C14H12N4S. The van der Waals surface area contributed by atoms with Crippen LogP contribution in [-0.2, 0) is 13.0 Å². The van der Waals surface area contributed by atoms with Gasteiger partial charge in [0.15, 0.2) is 0 Å². The minimum Gasteiger partial charge on any atom is -0.311 e. The average Bonchev–Trinajstić information content (AvgIpc) is 2.90. The van der Waals surface area contributed by atoms with Crippen LogP contribution in [0, 0.1) is 0 Å². The summed E-state index contributed by atoms with van der Waals surface area (Å²) in [5.41, 5.74) is 4.23. The third-order valence-corrected chi connectivity index (χ3v) is 4.47. The number of nitrogens with zero attached hydrogens (tertiary/aromatic N) is 3. The van der Waals surface area contributed by atoms with E-state index in [1.807, 2.05) is 6.07 Å². The van der Waals surface area contributed by atoms with Crippen molar-refractivity contribution in [2.75, 3.05) is 6.54 Å². The lowest BCUT2D eigenvalue weighted by molar-refractivity contribution is 0.644. The minimum atomic E-state index is 0.922. The lowest BCUT2D eigenvalue weighted by atomic mass is 10.2. The number of rotatable bonds is 1. The van der Waals surface area contributed by atoms with Crippen molar-refractivity contribution < 1.29 is 0 Å². The van der Waals surface area contributed by atoms with Gasteiger partial charge in [0.2, 0.25) is 0 Å². The molecule has 19 heavy (non-hydrogen) atoms. The molecule has 0 amide bonds. The molecule has 2 aromatic heterocycles. The van der Waals surface area contributed by atoms with Gasteiger partial charge in [0, 0.05) is 42.3 Å². The second-order valence-corrected chi connectivity index (χ2v) is 5.66. The highest BCUT2D eigenvalue weighted by atomic mass is 32.1. The van der Waals surface area contributed by atoms with Crippen molar-refractivity contribution in [1.29, 1.82) is 0 Å². The van der Waals surface area contributed by atoms with Crippen LogP contribution in [0.3, 0.4) is 0 Å². The summed E-state index contributed by atoms with van der Waals surface area (Å²) in [7, 11) is 0. The smallest absolute Gasteiger partial charge is 0.124 e. The lowest BCUT2D eigenvalue weighted by Gasteiger charge is -2.09. The van der Waals surface area contributed by atoms with Gasteiger partial charge in [-0.3, -0.25) is 9.97 Å². The van der Waals surface area contributed by atoms with E-state index in [-0.39, 0.29) is 0 Å². The van der Waals surface area contributed by atoms with Crippen molar-refractivity contribution in [2.45, 2.75) is 13.0 Å². The number of fused-ring (bicyclic) bond motifs is 2. The maximum atomic E-state index is 4.76. The molecule has 0 spiro atoms. The predicted octanol–water partition coefficient (Wildman–Crippen LogP) is 2.40. The molecule has 1 N–H and O–H groups in total. The van der Waals surface area contributed by atoms with Crippen LogP contribution in [0.5, 0.6) is 0 Å². The van der Waals surface area contributed by atoms with Gasteiger partial charge in [0.25, 0.3) is 0 Å². The van der Waals surface area contributed by atoms with Gasteiger partial charge < -0.3 is 5.32 Å². The lowest BCUT2D eigenvalue weighted by Crippen LogP contribution is -2.22. The van der Waals surface area contributed by atoms with Crippen molar-refractivity contribution in [2.24, 2.45) is 0 Å². The molecule has 3 aromatic rings.